The summed E-state index contributed by atoms with van der Waals surface area (Å²) < 4.78 is 0. The summed E-state index contributed by atoms with van der Waals surface area (Å²) in [4.78, 5) is 4.53. The van der Waals surface area contributed by atoms with Crippen molar-refractivity contribution in [3.8, 4) is 0 Å². The molecule has 5 rings (SSSR count). The van der Waals surface area contributed by atoms with Crippen molar-refractivity contribution in [2.75, 3.05) is 12.3 Å². The van der Waals surface area contributed by atoms with Crippen LogP contribution in [0.1, 0.15) is 24.0 Å². The number of allylic oxidation sites excluding steroid dienone is 4. The Bertz CT molecular complexity index is 904. The topological polar surface area (TPSA) is 50.9 Å². The highest BCUT2D eigenvalue weighted by Gasteiger charge is 2.43. The van der Waals surface area contributed by atoms with E-state index in [1.807, 2.05) is 6.07 Å². The largest absolute Gasteiger partial charge is 0.385 e. The minimum absolute atomic E-state index is 0.111. The van der Waals surface area contributed by atoms with Crippen LogP contribution in [-0.2, 0) is 5.41 Å². The number of nitrogens with zero attached hydrogens (tertiary/aromatic N) is 1. The van der Waals surface area contributed by atoms with Crippen molar-refractivity contribution < 1.29 is 0 Å². The van der Waals surface area contributed by atoms with E-state index < -0.39 is 0 Å². The molecule has 2 heterocycles. The fourth-order valence-corrected chi connectivity index (χ4v) is 4.21. The number of aromatic nitrogens is 1. The maximum Gasteiger partial charge on any atom is 0.124 e. The molecule has 3 heteroatoms. The molecule has 3 nitrogen and oxygen atoms in total. The van der Waals surface area contributed by atoms with Crippen LogP contribution in [0, 0.1) is 0 Å². The van der Waals surface area contributed by atoms with E-state index in [4.69, 9.17) is 5.73 Å². The van der Waals surface area contributed by atoms with Crippen LogP contribution in [-0.4, -0.2) is 11.5 Å². The summed E-state index contributed by atoms with van der Waals surface area (Å²) in [6.45, 7) is 1.03. The lowest BCUT2D eigenvalue weighted by atomic mass is 9.61. The van der Waals surface area contributed by atoms with E-state index in [-0.39, 0.29) is 5.41 Å². The van der Waals surface area contributed by atoms with Crippen LogP contribution in [0.25, 0.3) is 17.0 Å². The van der Waals surface area contributed by atoms with Crippen molar-refractivity contribution in [1.29, 1.82) is 0 Å². The smallest absolute Gasteiger partial charge is 0.124 e. The zero-order valence-electron chi connectivity index (χ0n) is 12.3. The normalized spacial score (nSPS) is 24.9. The first kappa shape index (κ1) is 12.0. The number of nitrogen functional groups attached to an aromatic ring is 1. The average Bonchev–Trinajstić information content (AvgIpc) is 2.54. The van der Waals surface area contributed by atoms with Gasteiger partial charge in [-0.3, -0.25) is 0 Å². The van der Waals surface area contributed by atoms with E-state index in [1.54, 1.807) is 0 Å². The second-order valence-electron chi connectivity index (χ2n) is 6.40. The third kappa shape index (κ3) is 1.43. The van der Waals surface area contributed by atoms with Crippen molar-refractivity contribution >= 4 is 22.8 Å². The minimum Gasteiger partial charge on any atom is -0.385 e. The molecule has 2 bridgehead atoms. The van der Waals surface area contributed by atoms with E-state index in [0.29, 0.717) is 5.82 Å². The Morgan fingerprint density at radius 1 is 1.23 bits per heavy atom. The van der Waals surface area contributed by atoms with Crippen LogP contribution in [0.5, 0.6) is 0 Å². The molecule has 0 radical (unpaired) electrons. The zero-order chi connectivity index (χ0) is 14.7. The molecule has 0 spiro atoms. The van der Waals surface area contributed by atoms with E-state index in [2.05, 4.69) is 52.8 Å². The third-order valence-electron chi connectivity index (χ3n) is 5.24. The van der Waals surface area contributed by atoms with Crippen molar-refractivity contribution in [2.24, 2.45) is 0 Å². The summed E-state index contributed by atoms with van der Waals surface area (Å²) in [6, 6.07) is 8.44. The SMILES string of the molecule is Nc1ccc2cc3c(cc2n1)C12CC=CC=C1C(=C3)NCC2. The number of anilines is 1. The summed E-state index contributed by atoms with van der Waals surface area (Å²) in [5.74, 6) is 0.585. The number of hydrogen-bond donors (Lipinski definition) is 2. The lowest BCUT2D eigenvalue weighted by molar-refractivity contribution is 0.419. The molecule has 3 N–H and O–H groups in total. The van der Waals surface area contributed by atoms with Crippen LogP contribution in [0.2, 0.25) is 0 Å². The Labute approximate surface area is 129 Å². The summed E-state index contributed by atoms with van der Waals surface area (Å²) in [5.41, 5.74) is 12.4. The van der Waals surface area contributed by atoms with Gasteiger partial charge in [0.25, 0.3) is 0 Å². The van der Waals surface area contributed by atoms with Gasteiger partial charge in [0.15, 0.2) is 0 Å². The van der Waals surface area contributed by atoms with Crippen molar-refractivity contribution in [3.05, 3.63) is 64.9 Å². The van der Waals surface area contributed by atoms with E-state index in [9.17, 15) is 0 Å². The molecule has 0 amide bonds. The Hall–Kier alpha value is -2.55. The molecule has 1 fully saturated rings. The van der Waals surface area contributed by atoms with Crippen LogP contribution in [0.15, 0.2) is 53.8 Å². The van der Waals surface area contributed by atoms with Crippen molar-refractivity contribution in [2.45, 2.75) is 18.3 Å². The van der Waals surface area contributed by atoms with Gasteiger partial charge in [0, 0.05) is 23.0 Å². The summed E-state index contributed by atoms with van der Waals surface area (Å²) >= 11 is 0. The second-order valence-corrected chi connectivity index (χ2v) is 6.40. The molecule has 22 heavy (non-hydrogen) atoms. The van der Waals surface area contributed by atoms with Gasteiger partial charge in [0.1, 0.15) is 5.82 Å². The van der Waals surface area contributed by atoms with Gasteiger partial charge in [-0.2, -0.15) is 0 Å². The van der Waals surface area contributed by atoms with Gasteiger partial charge < -0.3 is 11.1 Å². The first-order valence-corrected chi connectivity index (χ1v) is 7.80. The molecule has 1 unspecified atom stereocenters. The Morgan fingerprint density at radius 3 is 3.14 bits per heavy atom. The van der Waals surface area contributed by atoms with Gasteiger partial charge in [-0.05, 0) is 59.9 Å². The number of nitrogens with two attached hydrogens (primary N) is 1. The second kappa shape index (κ2) is 4.01. The Morgan fingerprint density at radius 2 is 2.18 bits per heavy atom. The molecule has 2 aliphatic carbocycles. The molecule has 1 aromatic carbocycles. The lowest BCUT2D eigenvalue weighted by Crippen LogP contribution is -2.43. The number of rotatable bonds is 0. The van der Waals surface area contributed by atoms with Crippen LogP contribution >= 0.6 is 0 Å². The Balaban J connectivity index is 1.86. The van der Waals surface area contributed by atoms with E-state index >= 15 is 0 Å². The highest BCUT2D eigenvalue weighted by molar-refractivity contribution is 5.87. The van der Waals surface area contributed by atoms with Gasteiger partial charge >= 0.3 is 0 Å². The molecule has 108 valence electrons. The first-order valence-electron chi connectivity index (χ1n) is 7.80. The van der Waals surface area contributed by atoms with Gasteiger partial charge in [-0.1, -0.05) is 18.2 Å². The number of nitrogens with one attached hydrogen (secondary N) is 1. The molecule has 3 aliphatic rings. The molecule has 1 saturated heterocycles. The van der Waals surface area contributed by atoms with Gasteiger partial charge in [0.05, 0.1) is 5.52 Å². The zero-order valence-corrected chi connectivity index (χ0v) is 12.3. The lowest BCUT2D eigenvalue weighted by Gasteiger charge is -2.46. The summed E-state index contributed by atoms with van der Waals surface area (Å²) in [5, 5.41) is 4.72. The number of pyridine rings is 1. The predicted molar refractivity (Wildman–Crippen MR) is 90.3 cm³/mol. The van der Waals surface area contributed by atoms with Crippen molar-refractivity contribution in [1.82, 2.24) is 10.3 Å². The minimum atomic E-state index is 0.111. The third-order valence-corrected chi connectivity index (χ3v) is 5.24. The molecular formula is C19H17N3. The Kier molecular flexibility index (Phi) is 2.19. The van der Waals surface area contributed by atoms with Gasteiger partial charge in [0.2, 0.25) is 0 Å². The van der Waals surface area contributed by atoms with Crippen LogP contribution < -0.4 is 11.1 Å². The highest BCUT2D eigenvalue weighted by atomic mass is 14.9. The molecular weight excluding hydrogens is 270 g/mol. The fraction of sp³-hybridized carbons (Fsp3) is 0.211. The quantitative estimate of drug-likeness (QED) is 0.781. The van der Waals surface area contributed by atoms with Crippen LogP contribution in [0.3, 0.4) is 0 Å². The standard InChI is InChI=1S/C19H17N3/c20-18-5-4-12-9-13-10-17-14-3-1-2-6-19(14,7-8-21-17)15(13)11-16(12)22-18/h1-5,9-11,21H,6-8H2,(H2,20,22). The number of benzene rings is 1. The van der Waals surface area contributed by atoms with Gasteiger partial charge in [-0.15, -0.1) is 0 Å². The fourth-order valence-electron chi connectivity index (χ4n) is 4.21. The van der Waals surface area contributed by atoms with E-state index in [1.165, 1.54) is 22.4 Å². The predicted octanol–water partition coefficient (Wildman–Crippen LogP) is 3.29. The van der Waals surface area contributed by atoms with E-state index in [0.717, 1.165) is 30.3 Å². The van der Waals surface area contributed by atoms with Crippen molar-refractivity contribution in [3.63, 3.8) is 0 Å². The highest BCUT2D eigenvalue weighted by Crippen LogP contribution is 2.51. The monoisotopic (exact) mass is 287 g/mol. The average molecular weight is 287 g/mol. The summed E-state index contributed by atoms with van der Waals surface area (Å²) in [7, 11) is 0. The maximum atomic E-state index is 5.87. The first-order chi connectivity index (χ1) is 10.8. The number of fused-ring (bicyclic) bond motifs is 2. The molecule has 0 saturated carbocycles. The molecule has 1 atom stereocenters. The number of piperidine rings is 1. The summed E-state index contributed by atoms with van der Waals surface area (Å²) in [6.07, 6.45) is 11.2. The van der Waals surface area contributed by atoms with Gasteiger partial charge in [-0.25, -0.2) is 4.98 Å². The molecule has 1 aromatic heterocycles. The molecule has 1 aliphatic heterocycles. The van der Waals surface area contributed by atoms with Crippen LogP contribution in [0.4, 0.5) is 5.82 Å². The molecule has 2 aromatic rings. The number of hydrogen-bond acceptors (Lipinski definition) is 3. The maximum absolute atomic E-state index is 5.87.